The summed E-state index contributed by atoms with van der Waals surface area (Å²) in [6.45, 7) is 8.94. The lowest BCUT2D eigenvalue weighted by molar-refractivity contribution is -0.114. The van der Waals surface area contributed by atoms with Crippen LogP contribution in [-0.4, -0.2) is 104 Å². The first kappa shape index (κ1) is 40.1. The number of carbonyl (C=O) groups excluding carboxylic acids is 2. The number of aldehydes is 2. The molecule has 2 aliphatic heterocycles. The highest BCUT2D eigenvalue weighted by Gasteiger charge is 2.27. The predicted octanol–water partition coefficient (Wildman–Crippen LogP) is 0.678. The van der Waals surface area contributed by atoms with E-state index in [2.05, 4.69) is 11.1 Å². The van der Waals surface area contributed by atoms with Crippen LogP contribution in [0.3, 0.4) is 0 Å². The molecule has 0 bridgehead atoms. The molecule has 0 amide bonds. The van der Waals surface area contributed by atoms with E-state index < -0.39 is 30.4 Å². The predicted molar refractivity (Wildman–Crippen MR) is 129 cm³/mol. The number of hydrogen-bond donors (Lipinski definition) is 4. The van der Waals surface area contributed by atoms with Gasteiger partial charge in [-0.15, -0.1) is 0 Å². The van der Waals surface area contributed by atoms with Crippen molar-refractivity contribution in [2.45, 2.75) is 0 Å². The minimum absolute atomic E-state index is 0. The van der Waals surface area contributed by atoms with Gasteiger partial charge in [-0.1, -0.05) is 6.58 Å². The Labute approximate surface area is 209 Å². The third kappa shape index (κ3) is 28.2. The number of hydrogen-bond acceptors (Lipinski definition) is 12. The average molecular weight is 608 g/mol. The van der Waals surface area contributed by atoms with Crippen LogP contribution in [0.25, 0.3) is 0 Å². The molecule has 1 unspecified atom stereocenters. The summed E-state index contributed by atoms with van der Waals surface area (Å²) in [7, 11) is -12.6. The molecule has 2 heterocycles. The normalized spacial score (nSPS) is 29.0. The Hall–Kier alpha value is -0.400. The quantitative estimate of drug-likeness (QED) is 0.183. The zero-order valence-corrected chi connectivity index (χ0v) is 23.9. The van der Waals surface area contributed by atoms with Gasteiger partial charge in [-0.2, -0.15) is 0 Å². The molecule has 216 valence electrons. The molecule has 1 atom stereocenters. The van der Waals surface area contributed by atoms with Crippen LogP contribution >= 0.6 is 30.4 Å². The van der Waals surface area contributed by atoms with Crippen LogP contribution in [0, 0.1) is 11.8 Å². The molecule has 2 fully saturated rings. The second kappa shape index (κ2) is 18.8. The van der Waals surface area contributed by atoms with Crippen molar-refractivity contribution in [3.8, 4) is 0 Å². The summed E-state index contributed by atoms with van der Waals surface area (Å²) in [5.41, 5.74) is 0.149. The average Bonchev–Trinajstić information content (AvgIpc) is 2.71. The van der Waals surface area contributed by atoms with Gasteiger partial charge in [0.15, 0.2) is 0 Å². The van der Waals surface area contributed by atoms with E-state index in [1.807, 2.05) is 0 Å². The summed E-state index contributed by atoms with van der Waals surface area (Å²) < 4.78 is 65.2. The van der Waals surface area contributed by atoms with Crippen molar-refractivity contribution in [2.75, 3.05) is 66.3 Å². The number of aliphatic hydroxyl groups is 1. The molecular weight excluding hydrogens is 572 g/mol. The first-order chi connectivity index (χ1) is 15.7. The molecule has 0 radical (unpaired) electrons. The van der Waals surface area contributed by atoms with E-state index in [4.69, 9.17) is 37.9 Å². The minimum Gasteiger partial charge on any atom is -0.412 e. The molecular formula is C16H36O16P4. The Balaban J connectivity index is -0.000000411. The van der Waals surface area contributed by atoms with Gasteiger partial charge in [0.2, 0.25) is 0 Å². The molecule has 2 aliphatic rings. The molecule has 0 aromatic heterocycles. The Morgan fingerprint density at radius 2 is 1.33 bits per heavy atom. The van der Waals surface area contributed by atoms with E-state index >= 15 is 0 Å². The summed E-state index contributed by atoms with van der Waals surface area (Å²) in [5, 5.41) is 8.61. The van der Waals surface area contributed by atoms with Crippen molar-refractivity contribution in [1.29, 1.82) is 0 Å². The SMILES string of the molecule is C=C(C=O)COP(C)(=O)O.CP(=O)(O)O.CP1(=O)OCC(C=O)CO1.CP1(=O)OCC(CO)CO1.O. The molecule has 16 nitrogen and oxygen atoms in total. The zero-order chi connectivity index (χ0) is 27.9. The summed E-state index contributed by atoms with van der Waals surface area (Å²) in [6.07, 6.45) is 1.23. The van der Waals surface area contributed by atoms with Crippen LogP contribution in [0.5, 0.6) is 0 Å². The fraction of sp³-hybridized carbons (Fsp3) is 0.750. The number of aliphatic hydroxyl groups excluding tert-OH is 1. The third-order valence-electron chi connectivity index (χ3n) is 3.24. The van der Waals surface area contributed by atoms with Gasteiger partial charge < -0.3 is 52.7 Å². The van der Waals surface area contributed by atoms with Gasteiger partial charge in [-0.25, -0.2) is 0 Å². The second-order valence-electron chi connectivity index (χ2n) is 7.36. The summed E-state index contributed by atoms with van der Waals surface area (Å²) >= 11 is 0. The van der Waals surface area contributed by atoms with Gasteiger partial charge >= 0.3 is 30.4 Å². The summed E-state index contributed by atoms with van der Waals surface area (Å²) in [5.74, 6) is -0.260. The lowest BCUT2D eigenvalue weighted by atomic mass is 10.2. The van der Waals surface area contributed by atoms with Gasteiger partial charge in [0.25, 0.3) is 0 Å². The van der Waals surface area contributed by atoms with Gasteiger partial charge in [0.05, 0.1) is 45.6 Å². The highest BCUT2D eigenvalue weighted by Crippen LogP contribution is 2.47. The molecule has 2 saturated heterocycles. The molecule has 0 saturated carbocycles. The van der Waals surface area contributed by atoms with Crippen molar-refractivity contribution in [3.63, 3.8) is 0 Å². The van der Waals surface area contributed by atoms with E-state index in [1.165, 1.54) is 13.3 Å². The van der Waals surface area contributed by atoms with Crippen LogP contribution in [0.15, 0.2) is 12.2 Å². The van der Waals surface area contributed by atoms with Crippen LogP contribution in [0.1, 0.15) is 0 Å². The van der Waals surface area contributed by atoms with Crippen molar-refractivity contribution in [2.24, 2.45) is 11.8 Å². The minimum atomic E-state index is -3.64. The lowest BCUT2D eigenvalue weighted by Gasteiger charge is -2.25. The monoisotopic (exact) mass is 608 g/mol. The van der Waals surface area contributed by atoms with E-state index in [1.54, 1.807) is 0 Å². The highest BCUT2D eigenvalue weighted by molar-refractivity contribution is 7.53. The van der Waals surface area contributed by atoms with Gasteiger partial charge in [-0.3, -0.25) is 23.1 Å². The van der Waals surface area contributed by atoms with Crippen LogP contribution in [0.2, 0.25) is 0 Å². The maximum Gasteiger partial charge on any atom is 0.327 e. The fourth-order valence-electron chi connectivity index (χ4n) is 1.54. The van der Waals surface area contributed by atoms with Crippen LogP contribution in [0.4, 0.5) is 0 Å². The van der Waals surface area contributed by atoms with Crippen molar-refractivity contribution in [1.82, 2.24) is 0 Å². The van der Waals surface area contributed by atoms with Crippen molar-refractivity contribution < 1.29 is 75.7 Å². The molecule has 36 heavy (non-hydrogen) atoms. The molecule has 0 aromatic rings. The highest BCUT2D eigenvalue weighted by atomic mass is 31.2. The third-order valence-corrected chi connectivity index (χ3v) is 6.32. The topological polar surface area (TPSA) is 261 Å². The van der Waals surface area contributed by atoms with E-state index in [-0.39, 0.29) is 49.3 Å². The number of carbonyl (C=O) groups is 2. The maximum atomic E-state index is 11.0. The van der Waals surface area contributed by atoms with Crippen molar-refractivity contribution in [3.05, 3.63) is 12.2 Å². The standard InChI is InChI=1S/C5H11O4P.2C5H9O4P.CH5O3P.H2O/c2*1-10(7)8-3-5(2-6)4-9-10;1-5(3-6)4-9-10(2,7)8;1-5(2,3)4;/h5-6H,2-4H2,1H3;2,5H,3-4H2,1H3;3H,1,4H2,2H3,(H,7,8);1H3,(H2,2,3,4);1H2. The molecule has 20 heteroatoms. The first-order valence-corrected chi connectivity index (χ1v) is 17.7. The largest absolute Gasteiger partial charge is 0.412 e. The van der Waals surface area contributed by atoms with Crippen LogP contribution in [-0.2, 0) is 50.5 Å². The number of rotatable bonds is 6. The molecule has 0 aliphatic carbocycles. The second-order valence-corrected chi connectivity index (χ2v) is 15.0. The fourth-order valence-corrected chi connectivity index (χ4v) is 3.98. The molecule has 0 spiro atoms. The van der Waals surface area contributed by atoms with Crippen molar-refractivity contribution >= 4 is 43.0 Å². The van der Waals surface area contributed by atoms with Gasteiger partial charge in [0.1, 0.15) is 12.6 Å². The molecule has 6 N–H and O–H groups in total. The van der Waals surface area contributed by atoms with Crippen LogP contribution < -0.4 is 0 Å². The Kier molecular flexibility index (Phi) is 20.9. The Morgan fingerprint density at radius 1 is 0.972 bits per heavy atom. The van der Waals surface area contributed by atoms with E-state index in [9.17, 15) is 27.8 Å². The first-order valence-electron chi connectivity index (χ1n) is 9.63. The van der Waals surface area contributed by atoms with E-state index in [0.29, 0.717) is 19.5 Å². The molecule has 2 rings (SSSR count). The van der Waals surface area contributed by atoms with Gasteiger partial charge in [0, 0.05) is 38.2 Å². The summed E-state index contributed by atoms with van der Waals surface area (Å²) in [4.78, 5) is 43.8. The Bertz CT molecular complexity index is 817. The molecule has 0 aromatic carbocycles. The lowest BCUT2D eigenvalue weighted by Crippen LogP contribution is -2.23. The zero-order valence-electron chi connectivity index (χ0n) is 20.3. The van der Waals surface area contributed by atoms with E-state index in [0.717, 1.165) is 19.6 Å². The maximum absolute atomic E-state index is 11.0. The summed E-state index contributed by atoms with van der Waals surface area (Å²) in [6, 6.07) is 0. The smallest absolute Gasteiger partial charge is 0.327 e. The Morgan fingerprint density at radius 3 is 1.61 bits per heavy atom. The van der Waals surface area contributed by atoms with Gasteiger partial charge in [-0.05, 0) is 0 Å².